The van der Waals surface area contributed by atoms with E-state index in [4.69, 9.17) is 0 Å². The number of carbonyl (C=O) groups excluding carboxylic acids is 2. The molecule has 2 fully saturated rings. The van der Waals surface area contributed by atoms with Crippen LogP contribution in [0.25, 0.3) is 0 Å². The molecule has 3 N–H and O–H groups in total. The van der Waals surface area contributed by atoms with Crippen LogP contribution in [-0.2, 0) is 4.79 Å². The van der Waals surface area contributed by atoms with Gasteiger partial charge in [0.05, 0.1) is 12.6 Å². The van der Waals surface area contributed by atoms with E-state index >= 15 is 0 Å². The van der Waals surface area contributed by atoms with Crippen molar-refractivity contribution in [1.82, 2.24) is 20.0 Å². The van der Waals surface area contributed by atoms with Gasteiger partial charge in [-0.15, -0.1) is 0 Å². The monoisotopic (exact) mass is 545 g/mol. The predicted molar refractivity (Wildman–Crippen MR) is 144 cm³/mol. The van der Waals surface area contributed by atoms with E-state index in [-0.39, 0.29) is 37.4 Å². The van der Waals surface area contributed by atoms with Crippen LogP contribution in [0.2, 0.25) is 6.32 Å². The van der Waals surface area contributed by atoms with Gasteiger partial charge in [0.25, 0.3) is 11.8 Å². The Kier molecular flexibility index (Phi) is 10.1. The summed E-state index contributed by atoms with van der Waals surface area (Å²) >= 11 is 0. The Balaban J connectivity index is 1.70. The number of likely N-dealkylation sites (tertiary alicyclic amines) is 2. The molecule has 3 amide bonds. The summed E-state index contributed by atoms with van der Waals surface area (Å²) in [5, 5.41) is 31.7. The summed E-state index contributed by atoms with van der Waals surface area (Å²) in [6.45, 7) is 3.82. The normalized spacial score (nSPS) is 20.7. The number of amides is 3. The highest BCUT2D eigenvalue weighted by molar-refractivity contribution is 6.41. The van der Waals surface area contributed by atoms with Crippen molar-refractivity contribution in [2.75, 3.05) is 33.2 Å². The summed E-state index contributed by atoms with van der Waals surface area (Å²) in [5.41, 5.74) is -0.286. The largest absolute Gasteiger partial charge is 0.453 e. The molecule has 212 valence electrons. The standard InChI is InChI=1S/C27H38BF2N5O4/c1-26(2,34-14-12-27(29,30)19-34)15-21(17-31)24(36)35-13-8-7-11-22(35)18-33(3)25(37)32-23(16-28(38)39)20-9-5-4-6-10-20/h4-6,9-10,15,22-23,38-39H,7-8,11-14,16,18-19H2,1-3H3,(H,32,37)/t22-,23-/m1/s1. The first-order valence-corrected chi connectivity index (χ1v) is 13.3. The Labute approximate surface area is 229 Å². The van der Waals surface area contributed by atoms with Crippen LogP contribution in [0.1, 0.15) is 51.1 Å². The Morgan fingerprint density at radius 2 is 1.97 bits per heavy atom. The molecule has 0 unspecified atom stereocenters. The minimum Gasteiger partial charge on any atom is -0.427 e. The van der Waals surface area contributed by atoms with Gasteiger partial charge in [0, 0.05) is 51.0 Å². The van der Waals surface area contributed by atoms with E-state index in [0.717, 1.165) is 18.4 Å². The van der Waals surface area contributed by atoms with Crippen molar-refractivity contribution in [3.05, 3.63) is 47.5 Å². The average molecular weight is 545 g/mol. The van der Waals surface area contributed by atoms with Gasteiger partial charge in [0.1, 0.15) is 11.6 Å². The third kappa shape index (κ3) is 8.24. The van der Waals surface area contributed by atoms with E-state index in [9.17, 15) is 33.7 Å². The maximum Gasteiger partial charge on any atom is 0.453 e. The van der Waals surface area contributed by atoms with Crippen LogP contribution in [0.4, 0.5) is 13.6 Å². The second kappa shape index (κ2) is 12.9. The lowest BCUT2D eigenvalue weighted by Crippen LogP contribution is -2.52. The van der Waals surface area contributed by atoms with Crippen molar-refractivity contribution < 1.29 is 28.4 Å². The van der Waals surface area contributed by atoms with Crippen molar-refractivity contribution in [1.29, 1.82) is 5.26 Å². The molecule has 2 heterocycles. The number of likely N-dealkylation sites (N-methyl/N-ethyl adjacent to an activating group) is 1. The zero-order valence-electron chi connectivity index (χ0n) is 22.8. The quantitative estimate of drug-likeness (QED) is 0.250. The van der Waals surface area contributed by atoms with E-state index in [2.05, 4.69) is 5.32 Å². The topological polar surface area (TPSA) is 120 Å². The first kappa shape index (κ1) is 30.5. The Bertz CT molecular complexity index is 1080. The third-order valence-corrected chi connectivity index (χ3v) is 7.50. The van der Waals surface area contributed by atoms with Crippen LogP contribution in [0, 0.1) is 11.3 Å². The summed E-state index contributed by atoms with van der Waals surface area (Å²) in [4.78, 5) is 31.2. The summed E-state index contributed by atoms with van der Waals surface area (Å²) < 4.78 is 27.6. The first-order chi connectivity index (χ1) is 18.3. The second-order valence-electron chi connectivity index (χ2n) is 11.0. The number of hydrogen-bond acceptors (Lipinski definition) is 6. The number of rotatable bonds is 9. The number of carbonyl (C=O) groups is 2. The molecule has 0 aliphatic carbocycles. The maximum absolute atomic E-state index is 13.8. The molecule has 0 bridgehead atoms. The van der Waals surface area contributed by atoms with Crippen LogP contribution in [-0.4, -0.2) is 94.5 Å². The molecular formula is C27H38BF2N5O4. The van der Waals surface area contributed by atoms with Crippen LogP contribution in [0.15, 0.2) is 42.0 Å². The second-order valence-corrected chi connectivity index (χ2v) is 11.0. The van der Waals surface area contributed by atoms with Crippen molar-refractivity contribution >= 4 is 19.1 Å². The van der Waals surface area contributed by atoms with Gasteiger partial charge in [-0.25, -0.2) is 13.6 Å². The molecule has 0 aromatic heterocycles. The molecule has 2 aliphatic heterocycles. The molecule has 0 saturated carbocycles. The van der Waals surface area contributed by atoms with Crippen molar-refractivity contribution in [3.8, 4) is 6.07 Å². The molecule has 2 atom stereocenters. The van der Waals surface area contributed by atoms with Gasteiger partial charge in [-0.1, -0.05) is 30.3 Å². The summed E-state index contributed by atoms with van der Waals surface area (Å²) in [7, 11) is -0.0126. The Morgan fingerprint density at radius 1 is 1.28 bits per heavy atom. The van der Waals surface area contributed by atoms with Crippen molar-refractivity contribution in [2.45, 2.75) is 69.4 Å². The Morgan fingerprint density at radius 3 is 2.56 bits per heavy atom. The summed E-state index contributed by atoms with van der Waals surface area (Å²) in [6.07, 6.45) is 3.37. The van der Waals surface area contributed by atoms with Gasteiger partial charge in [-0.3, -0.25) is 9.69 Å². The Hall–Kier alpha value is -3.01. The third-order valence-electron chi connectivity index (χ3n) is 7.50. The highest BCUT2D eigenvalue weighted by Crippen LogP contribution is 2.33. The van der Waals surface area contributed by atoms with E-state index in [1.807, 2.05) is 12.1 Å². The molecule has 3 rings (SSSR count). The minimum atomic E-state index is -2.79. The zero-order chi connectivity index (χ0) is 28.8. The van der Waals surface area contributed by atoms with Gasteiger partial charge >= 0.3 is 13.1 Å². The summed E-state index contributed by atoms with van der Waals surface area (Å²) in [6, 6.07) is 9.57. The summed E-state index contributed by atoms with van der Waals surface area (Å²) in [5.74, 6) is -3.26. The molecule has 2 aliphatic rings. The lowest BCUT2D eigenvalue weighted by atomic mass is 9.79. The van der Waals surface area contributed by atoms with E-state index < -0.39 is 43.1 Å². The number of urea groups is 1. The van der Waals surface area contributed by atoms with Crippen LogP contribution >= 0.6 is 0 Å². The number of nitrogens with one attached hydrogen (secondary N) is 1. The van der Waals surface area contributed by atoms with E-state index in [0.29, 0.717) is 13.0 Å². The van der Waals surface area contributed by atoms with Gasteiger partial charge in [0.15, 0.2) is 0 Å². The highest BCUT2D eigenvalue weighted by Gasteiger charge is 2.43. The smallest absolute Gasteiger partial charge is 0.427 e. The van der Waals surface area contributed by atoms with Crippen molar-refractivity contribution in [2.24, 2.45) is 0 Å². The molecule has 1 aromatic carbocycles. The fourth-order valence-electron chi connectivity index (χ4n) is 5.26. The molecule has 2 saturated heterocycles. The lowest BCUT2D eigenvalue weighted by molar-refractivity contribution is -0.130. The first-order valence-electron chi connectivity index (χ1n) is 13.3. The minimum absolute atomic E-state index is 0.0906. The number of benzene rings is 1. The number of nitrogens with zero attached hydrogens (tertiary/aromatic N) is 4. The molecule has 1 aromatic rings. The zero-order valence-corrected chi connectivity index (χ0v) is 22.8. The fraction of sp³-hybridized carbons (Fsp3) is 0.593. The maximum atomic E-state index is 13.8. The van der Waals surface area contributed by atoms with Gasteiger partial charge in [0.2, 0.25) is 0 Å². The molecular weight excluding hydrogens is 507 g/mol. The molecule has 0 radical (unpaired) electrons. The van der Waals surface area contributed by atoms with E-state index in [1.54, 1.807) is 55.0 Å². The molecule has 12 heteroatoms. The van der Waals surface area contributed by atoms with Crippen LogP contribution in [0.3, 0.4) is 0 Å². The molecule has 9 nitrogen and oxygen atoms in total. The average Bonchev–Trinajstić information content (AvgIpc) is 3.27. The van der Waals surface area contributed by atoms with E-state index in [1.165, 1.54) is 11.0 Å². The number of alkyl halides is 2. The number of nitriles is 1. The SMILES string of the molecule is CN(C[C@H]1CCCCN1C(=O)C(C#N)=CC(C)(C)N1CCC(F)(F)C1)C(=O)N[C@H](CB(O)O)c1ccccc1. The van der Waals surface area contributed by atoms with Gasteiger partial charge in [-0.2, -0.15) is 5.26 Å². The van der Waals surface area contributed by atoms with Gasteiger partial charge in [-0.05, 0) is 44.7 Å². The highest BCUT2D eigenvalue weighted by atomic mass is 19.3. The molecule has 0 spiro atoms. The lowest BCUT2D eigenvalue weighted by Gasteiger charge is -2.38. The van der Waals surface area contributed by atoms with Crippen LogP contribution in [0.5, 0.6) is 0 Å². The fourth-order valence-corrected chi connectivity index (χ4v) is 5.26. The van der Waals surface area contributed by atoms with Crippen LogP contribution < -0.4 is 5.32 Å². The molecule has 39 heavy (non-hydrogen) atoms. The predicted octanol–water partition coefficient (Wildman–Crippen LogP) is 2.79. The number of hydrogen-bond donors (Lipinski definition) is 3. The number of piperidine rings is 1. The number of halogens is 2. The van der Waals surface area contributed by atoms with Crippen molar-refractivity contribution in [3.63, 3.8) is 0 Å². The van der Waals surface area contributed by atoms with Gasteiger partial charge < -0.3 is 25.2 Å².